The van der Waals surface area contributed by atoms with Gasteiger partial charge in [-0.25, -0.2) is 9.98 Å². The standard InChI is InChI=1S/C46H30N4O/c47-29-31-18-20-35(21-19-31)43-39(26-27-42-44(43)40-16-7-8-17-41(40)51-42)34-22-24-36(25-23-34)45(48)50-46(37-13-5-2-6-14-37)49-30-32-10-9-15-38(28-32)33-11-3-1-4-12-33/h1-28,30,48H/b48-45?,49-30+,50-46-. The Morgan fingerprint density at radius 3 is 2.04 bits per heavy atom. The highest BCUT2D eigenvalue weighted by Crippen LogP contribution is 2.42. The van der Waals surface area contributed by atoms with E-state index in [0.29, 0.717) is 17.0 Å². The van der Waals surface area contributed by atoms with E-state index in [1.165, 1.54) is 0 Å². The van der Waals surface area contributed by atoms with Gasteiger partial charge in [-0.2, -0.15) is 5.26 Å². The number of fused-ring (bicyclic) bond motifs is 3. The van der Waals surface area contributed by atoms with Crippen LogP contribution in [0.3, 0.4) is 0 Å². The molecule has 0 aliphatic carbocycles. The summed E-state index contributed by atoms with van der Waals surface area (Å²) in [5, 5.41) is 20.5. The number of furan rings is 1. The van der Waals surface area contributed by atoms with Gasteiger partial charge < -0.3 is 4.42 Å². The molecule has 8 rings (SSSR count). The molecule has 0 saturated heterocycles. The van der Waals surface area contributed by atoms with Crippen molar-refractivity contribution in [1.29, 1.82) is 10.7 Å². The number of rotatable bonds is 6. The average molecular weight is 655 g/mol. The maximum Gasteiger partial charge on any atom is 0.161 e. The second kappa shape index (κ2) is 13.8. The molecule has 1 heterocycles. The van der Waals surface area contributed by atoms with Crippen LogP contribution in [-0.2, 0) is 0 Å². The van der Waals surface area contributed by atoms with Crippen LogP contribution in [0.15, 0.2) is 184 Å². The fourth-order valence-electron chi connectivity index (χ4n) is 6.37. The topological polar surface area (TPSA) is 85.5 Å². The summed E-state index contributed by atoms with van der Waals surface area (Å²) < 4.78 is 6.24. The second-order valence-corrected chi connectivity index (χ2v) is 12.1. The normalized spacial score (nSPS) is 11.6. The molecule has 51 heavy (non-hydrogen) atoms. The maximum atomic E-state index is 9.43. The third-order valence-electron chi connectivity index (χ3n) is 8.89. The largest absolute Gasteiger partial charge is 0.456 e. The number of hydrogen-bond donors (Lipinski definition) is 1. The quantitative estimate of drug-likeness (QED) is 0.143. The molecule has 0 aliphatic heterocycles. The molecule has 5 heteroatoms. The van der Waals surface area contributed by atoms with E-state index in [1.54, 1.807) is 6.21 Å². The summed E-state index contributed by atoms with van der Waals surface area (Å²) in [5.74, 6) is 0.564. The van der Waals surface area contributed by atoms with Gasteiger partial charge in [-0.1, -0.05) is 140 Å². The number of nitrogens with one attached hydrogen (secondary N) is 1. The summed E-state index contributed by atoms with van der Waals surface area (Å²) in [7, 11) is 0. The molecule has 0 aliphatic rings. The van der Waals surface area contributed by atoms with Crippen LogP contribution in [0.2, 0.25) is 0 Å². The third kappa shape index (κ3) is 6.38. The van der Waals surface area contributed by atoms with Crippen molar-refractivity contribution in [2.24, 2.45) is 9.98 Å². The lowest BCUT2D eigenvalue weighted by atomic mass is 9.90. The minimum Gasteiger partial charge on any atom is -0.456 e. The van der Waals surface area contributed by atoms with Crippen LogP contribution in [0.1, 0.15) is 22.3 Å². The molecule has 0 bridgehead atoms. The van der Waals surface area contributed by atoms with E-state index in [9.17, 15) is 5.26 Å². The lowest BCUT2D eigenvalue weighted by molar-refractivity contribution is 0.669. The summed E-state index contributed by atoms with van der Waals surface area (Å²) in [6.45, 7) is 0. The Kier molecular flexibility index (Phi) is 8.40. The fourth-order valence-corrected chi connectivity index (χ4v) is 6.37. The van der Waals surface area contributed by atoms with Crippen LogP contribution < -0.4 is 0 Å². The first-order valence-electron chi connectivity index (χ1n) is 16.6. The van der Waals surface area contributed by atoms with Gasteiger partial charge in [0.1, 0.15) is 11.2 Å². The number of nitriles is 1. The number of amidine groups is 2. The molecular formula is C46H30N4O. The van der Waals surface area contributed by atoms with Gasteiger partial charge in [-0.15, -0.1) is 0 Å². The van der Waals surface area contributed by atoms with Crippen molar-refractivity contribution in [2.45, 2.75) is 0 Å². The Labute approximate surface area is 295 Å². The van der Waals surface area contributed by atoms with E-state index in [4.69, 9.17) is 19.8 Å². The van der Waals surface area contributed by atoms with Crippen LogP contribution in [0.25, 0.3) is 55.3 Å². The van der Waals surface area contributed by atoms with Crippen LogP contribution in [0.4, 0.5) is 0 Å². The molecule has 1 N–H and O–H groups in total. The van der Waals surface area contributed by atoms with Gasteiger partial charge >= 0.3 is 0 Å². The number of aliphatic imine (C=N–C) groups is 2. The van der Waals surface area contributed by atoms with Crippen LogP contribution >= 0.6 is 0 Å². The summed E-state index contributed by atoms with van der Waals surface area (Å²) >= 11 is 0. The first kappa shape index (κ1) is 31.1. The number of hydrogen-bond acceptors (Lipinski definition) is 3. The highest BCUT2D eigenvalue weighted by molar-refractivity contribution is 6.16. The number of para-hydroxylation sites is 1. The first-order valence-corrected chi connectivity index (χ1v) is 16.6. The molecule has 0 amide bonds. The molecule has 240 valence electrons. The minimum absolute atomic E-state index is 0.110. The Morgan fingerprint density at radius 1 is 0.588 bits per heavy atom. The van der Waals surface area contributed by atoms with Crippen molar-refractivity contribution in [3.05, 3.63) is 192 Å². The third-order valence-corrected chi connectivity index (χ3v) is 8.89. The zero-order valence-corrected chi connectivity index (χ0v) is 27.5. The zero-order valence-electron chi connectivity index (χ0n) is 27.5. The predicted octanol–water partition coefficient (Wildman–Crippen LogP) is 11.3. The van der Waals surface area contributed by atoms with Crippen molar-refractivity contribution in [3.63, 3.8) is 0 Å². The van der Waals surface area contributed by atoms with Gasteiger partial charge in [-0.3, -0.25) is 5.41 Å². The summed E-state index contributed by atoms with van der Waals surface area (Å²) in [6, 6.07) is 58.1. The highest BCUT2D eigenvalue weighted by atomic mass is 16.3. The number of benzene rings is 7. The van der Waals surface area contributed by atoms with Crippen LogP contribution in [0, 0.1) is 16.7 Å². The SMILES string of the molecule is N#Cc1ccc(-c2c(-c3ccc(C(=N)/N=C(\N=C\c4cccc(-c5ccccc5)c4)c4ccccc4)cc3)ccc3oc4ccccc4c23)cc1. The molecular weight excluding hydrogens is 625 g/mol. The summed E-state index contributed by atoms with van der Waals surface area (Å²) in [4.78, 5) is 9.52. The van der Waals surface area contributed by atoms with Gasteiger partial charge in [0.2, 0.25) is 0 Å². The highest BCUT2D eigenvalue weighted by Gasteiger charge is 2.18. The van der Waals surface area contributed by atoms with Crippen molar-refractivity contribution < 1.29 is 4.42 Å². The second-order valence-electron chi connectivity index (χ2n) is 12.1. The van der Waals surface area contributed by atoms with E-state index >= 15 is 0 Å². The molecule has 0 spiro atoms. The minimum atomic E-state index is 0.110. The molecule has 0 radical (unpaired) electrons. The smallest absolute Gasteiger partial charge is 0.161 e. The van der Waals surface area contributed by atoms with E-state index in [2.05, 4.69) is 42.5 Å². The Balaban J connectivity index is 1.15. The maximum absolute atomic E-state index is 9.43. The first-order chi connectivity index (χ1) is 25.1. The molecule has 1 aromatic heterocycles. The molecule has 0 unspecified atom stereocenters. The van der Waals surface area contributed by atoms with Crippen molar-refractivity contribution in [2.75, 3.05) is 0 Å². The number of nitrogens with zero attached hydrogens (tertiary/aromatic N) is 3. The Morgan fingerprint density at radius 2 is 1.27 bits per heavy atom. The molecule has 7 aromatic carbocycles. The predicted molar refractivity (Wildman–Crippen MR) is 209 cm³/mol. The monoisotopic (exact) mass is 654 g/mol. The van der Waals surface area contributed by atoms with Gasteiger partial charge in [0, 0.05) is 33.7 Å². The van der Waals surface area contributed by atoms with Gasteiger partial charge in [0.25, 0.3) is 0 Å². The fraction of sp³-hybridized carbons (Fsp3) is 0. The molecule has 0 atom stereocenters. The van der Waals surface area contributed by atoms with E-state index in [1.807, 2.05) is 133 Å². The van der Waals surface area contributed by atoms with Crippen molar-refractivity contribution in [3.8, 4) is 39.4 Å². The lowest BCUT2D eigenvalue weighted by Gasteiger charge is -2.13. The molecule has 8 aromatic rings. The van der Waals surface area contributed by atoms with Crippen molar-refractivity contribution in [1.82, 2.24) is 0 Å². The van der Waals surface area contributed by atoms with Gasteiger partial charge in [0.15, 0.2) is 11.7 Å². The molecule has 5 nitrogen and oxygen atoms in total. The summed E-state index contributed by atoms with van der Waals surface area (Å²) in [6.07, 6.45) is 1.80. The molecule has 0 fully saturated rings. The van der Waals surface area contributed by atoms with Crippen molar-refractivity contribution >= 4 is 39.8 Å². The van der Waals surface area contributed by atoms with Crippen LogP contribution in [0.5, 0.6) is 0 Å². The van der Waals surface area contributed by atoms with E-state index < -0.39 is 0 Å². The lowest BCUT2D eigenvalue weighted by Crippen LogP contribution is -2.04. The zero-order chi connectivity index (χ0) is 34.6. The van der Waals surface area contributed by atoms with E-state index in [-0.39, 0.29) is 5.84 Å². The molecule has 0 saturated carbocycles. The van der Waals surface area contributed by atoms with Crippen LogP contribution in [-0.4, -0.2) is 17.9 Å². The summed E-state index contributed by atoms with van der Waals surface area (Å²) in [5.41, 5.74) is 10.9. The Bertz CT molecular complexity index is 2630. The average Bonchev–Trinajstić information content (AvgIpc) is 3.59. The van der Waals surface area contributed by atoms with E-state index in [0.717, 1.165) is 66.4 Å². The van der Waals surface area contributed by atoms with Gasteiger partial charge in [0.05, 0.1) is 11.6 Å². The van der Waals surface area contributed by atoms with Gasteiger partial charge in [-0.05, 0) is 63.7 Å². The Hall–Kier alpha value is -7.16.